The molecule has 4 aromatic carbocycles. The largest absolute Gasteiger partial charge is 0.492 e. The molecular weight excluding hydrogens is 887 g/mol. The van der Waals surface area contributed by atoms with Crippen molar-refractivity contribution in [3.05, 3.63) is 132 Å². The Hall–Kier alpha value is -5.28. The predicted octanol–water partition coefficient (Wildman–Crippen LogP) is 9.55. The Bertz CT molecular complexity index is 2400. The van der Waals surface area contributed by atoms with E-state index in [-0.39, 0.29) is 63.8 Å². The van der Waals surface area contributed by atoms with Crippen molar-refractivity contribution in [1.82, 2.24) is 9.80 Å². The third-order valence-corrected chi connectivity index (χ3v) is 14.7. The number of unbranched alkanes of at least 4 members (excludes halogenated alkanes) is 2. The molecule has 2 N–H and O–H groups in total. The van der Waals surface area contributed by atoms with Crippen LogP contribution in [-0.4, -0.2) is 116 Å². The fraction of sp³-hybridized carbons (Fsp3) is 0.509. The summed E-state index contributed by atoms with van der Waals surface area (Å²) in [7, 11) is 0. The number of carbonyl (C=O) groups excluding carboxylic acids is 1. The topological polar surface area (TPSA) is 141 Å². The first kappa shape index (κ1) is 49.7. The fourth-order valence-electron chi connectivity index (χ4n) is 11.2. The molecule has 2 aliphatic carbocycles. The molecular formula is C57H71N3O10. The summed E-state index contributed by atoms with van der Waals surface area (Å²) < 4.78 is 39.6. The number of aliphatic hydroxyl groups excluding tert-OH is 2. The van der Waals surface area contributed by atoms with E-state index in [0.29, 0.717) is 44.1 Å². The molecule has 0 radical (unpaired) electrons. The summed E-state index contributed by atoms with van der Waals surface area (Å²) in [4.78, 5) is 25.8. The smallest absolute Gasteiger partial charge is 0.410 e. The standard InChI is InChI=1S/C57H71N3O10/c1-2-31-68-57-52(60(39-44-20-14-19-42-17-6-7-21-46(42)44)56(63)67-35-34-64-40-41-15-4-3-5-16-41)38-50(58-70-53-23-10-13-32-66-53)48-36-43(18-8-11-29-61)47(22-9-12-30-62)54(55(48)57)49-37-45(24-25-51(49)69-57)65-33-28-59-26-27-59/h2-7,14-17,19-21,24-25,36-37,43,47,52-55,61-62H,1,8-13,18,22-23,26-35,38-40H2/t43-,47+,52-,53?,54+,55+,57+/m0/s1. The van der Waals surface area contributed by atoms with Gasteiger partial charge in [0.15, 0.2) is 0 Å². The van der Waals surface area contributed by atoms with E-state index in [4.69, 9.17) is 38.4 Å². The van der Waals surface area contributed by atoms with Gasteiger partial charge in [0, 0.05) is 57.2 Å². The van der Waals surface area contributed by atoms with Crippen molar-refractivity contribution in [2.45, 2.75) is 101 Å². The van der Waals surface area contributed by atoms with Crippen LogP contribution in [0.4, 0.5) is 4.79 Å². The zero-order valence-electron chi connectivity index (χ0n) is 40.5. The van der Waals surface area contributed by atoms with E-state index >= 15 is 4.79 Å². The number of allylic oxidation sites excluding steroid dienone is 1. The molecule has 2 saturated heterocycles. The van der Waals surface area contributed by atoms with Gasteiger partial charge < -0.3 is 43.5 Å². The summed E-state index contributed by atoms with van der Waals surface area (Å²) in [6.07, 6.45) is 10.6. The van der Waals surface area contributed by atoms with E-state index in [9.17, 15) is 10.2 Å². The molecule has 0 bridgehead atoms. The quantitative estimate of drug-likeness (QED) is 0.0284. The molecule has 0 spiro atoms. The summed E-state index contributed by atoms with van der Waals surface area (Å²) in [5.74, 6) is -0.606. The Labute approximate surface area is 413 Å². The Balaban J connectivity index is 1.18. The van der Waals surface area contributed by atoms with E-state index in [1.165, 1.54) is 0 Å². The summed E-state index contributed by atoms with van der Waals surface area (Å²) in [6, 6.07) is 29.6. The summed E-state index contributed by atoms with van der Waals surface area (Å²) in [6.45, 7) is 9.46. The average molecular weight is 958 g/mol. The van der Waals surface area contributed by atoms with Crippen LogP contribution in [0.2, 0.25) is 0 Å². The molecule has 1 amide bonds. The Morgan fingerprint density at radius 2 is 1.73 bits per heavy atom. The second-order valence-electron chi connectivity index (χ2n) is 19.3. The minimum absolute atomic E-state index is 0.0257. The van der Waals surface area contributed by atoms with E-state index in [1.54, 1.807) is 11.0 Å². The zero-order chi connectivity index (χ0) is 48.1. The predicted molar refractivity (Wildman–Crippen MR) is 269 cm³/mol. The monoisotopic (exact) mass is 958 g/mol. The third kappa shape index (κ3) is 11.7. The zero-order valence-corrected chi connectivity index (χ0v) is 40.5. The van der Waals surface area contributed by atoms with E-state index in [2.05, 4.69) is 47.9 Å². The van der Waals surface area contributed by atoms with Gasteiger partial charge in [0.1, 0.15) is 30.8 Å². The van der Waals surface area contributed by atoms with Crippen LogP contribution >= 0.6 is 0 Å². The van der Waals surface area contributed by atoms with Gasteiger partial charge in [-0.3, -0.25) is 9.80 Å². The molecule has 1 unspecified atom stereocenters. The molecule has 374 valence electrons. The number of hydrogen-bond acceptors (Lipinski definition) is 12. The maximum absolute atomic E-state index is 15.3. The lowest BCUT2D eigenvalue weighted by atomic mass is 9.55. The van der Waals surface area contributed by atoms with Gasteiger partial charge in [0.2, 0.25) is 12.1 Å². The lowest BCUT2D eigenvalue weighted by molar-refractivity contribution is -0.256. The van der Waals surface area contributed by atoms with Crippen LogP contribution in [-0.2, 0) is 36.9 Å². The maximum atomic E-state index is 15.3. The van der Waals surface area contributed by atoms with Crippen molar-refractivity contribution in [3.8, 4) is 11.5 Å². The summed E-state index contributed by atoms with van der Waals surface area (Å²) >= 11 is 0. The Morgan fingerprint density at radius 1 is 0.914 bits per heavy atom. The lowest BCUT2D eigenvalue weighted by Crippen LogP contribution is -2.70. The van der Waals surface area contributed by atoms with Crippen LogP contribution < -0.4 is 9.47 Å². The van der Waals surface area contributed by atoms with Gasteiger partial charge >= 0.3 is 6.09 Å². The normalized spacial score (nSPS) is 25.3. The van der Waals surface area contributed by atoms with Crippen LogP contribution in [0, 0.1) is 17.8 Å². The second kappa shape index (κ2) is 24.2. The van der Waals surface area contributed by atoms with Gasteiger partial charge in [0.25, 0.3) is 0 Å². The number of carbonyl (C=O) groups is 1. The average Bonchev–Trinajstić information content (AvgIpc) is 4.23. The van der Waals surface area contributed by atoms with Crippen molar-refractivity contribution in [2.75, 3.05) is 65.9 Å². The van der Waals surface area contributed by atoms with Crippen molar-refractivity contribution in [2.24, 2.45) is 22.9 Å². The molecule has 3 heterocycles. The molecule has 5 aliphatic rings. The molecule has 1 saturated carbocycles. The van der Waals surface area contributed by atoms with E-state index < -0.39 is 30.1 Å². The number of fused-ring (bicyclic) bond motifs is 3. The van der Waals surface area contributed by atoms with Gasteiger partial charge in [-0.25, -0.2) is 4.79 Å². The summed E-state index contributed by atoms with van der Waals surface area (Å²) in [5, 5.41) is 27.3. The van der Waals surface area contributed by atoms with E-state index in [0.717, 1.165) is 103 Å². The molecule has 3 aliphatic heterocycles. The highest BCUT2D eigenvalue weighted by molar-refractivity contribution is 6.03. The molecule has 70 heavy (non-hydrogen) atoms. The number of nitrogens with zero attached hydrogens (tertiary/aromatic N) is 3. The molecule has 13 nitrogen and oxygen atoms in total. The second-order valence-corrected chi connectivity index (χ2v) is 19.3. The highest BCUT2D eigenvalue weighted by Crippen LogP contribution is 2.62. The Kier molecular flexibility index (Phi) is 17.2. The maximum Gasteiger partial charge on any atom is 0.410 e. The molecule has 9 rings (SSSR count). The lowest BCUT2D eigenvalue weighted by Gasteiger charge is -2.60. The van der Waals surface area contributed by atoms with Crippen LogP contribution in [0.25, 0.3) is 10.8 Å². The number of ether oxygens (including phenoxy) is 6. The molecule has 4 aromatic rings. The van der Waals surface area contributed by atoms with Crippen molar-refractivity contribution >= 4 is 22.6 Å². The number of amides is 1. The number of rotatable bonds is 25. The van der Waals surface area contributed by atoms with Gasteiger partial charge in [-0.05, 0) is 96.0 Å². The van der Waals surface area contributed by atoms with Crippen molar-refractivity contribution in [1.29, 1.82) is 0 Å². The molecule has 3 fully saturated rings. The Morgan fingerprint density at radius 3 is 2.53 bits per heavy atom. The minimum atomic E-state index is -1.47. The highest BCUT2D eigenvalue weighted by Gasteiger charge is 2.66. The van der Waals surface area contributed by atoms with Gasteiger partial charge in [-0.2, -0.15) is 0 Å². The van der Waals surface area contributed by atoms with Crippen molar-refractivity contribution < 1.29 is 48.3 Å². The first-order valence-corrected chi connectivity index (χ1v) is 25.7. The highest BCUT2D eigenvalue weighted by atomic mass is 16.8. The van der Waals surface area contributed by atoms with Crippen molar-refractivity contribution in [3.63, 3.8) is 0 Å². The fourth-order valence-corrected chi connectivity index (χ4v) is 11.2. The number of hydrogen-bond donors (Lipinski definition) is 2. The van der Waals surface area contributed by atoms with Crippen LogP contribution in [0.1, 0.15) is 86.8 Å². The first-order chi connectivity index (χ1) is 34.5. The number of oxime groups is 1. The number of benzene rings is 4. The molecule has 0 aromatic heterocycles. The van der Waals surface area contributed by atoms with Crippen LogP contribution in [0.3, 0.4) is 0 Å². The molecule has 13 heteroatoms. The number of aliphatic hydroxyl groups is 2. The van der Waals surface area contributed by atoms with Crippen LogP contribution in [0.5, 0.6) is 11.5 Å². The minimum Gasteiger partial charge on any atom is -0.492 e. The first-order valence-electron chi connectivity index (χ1n) is 25.7. The van der Waals surface area contributed by atoms with Gasteiger partial charge in [-0.1, -0.05) is 103 Å². The third-order valence-electron chi connectivity index (χ3n) is 14.7. The van der Waals surface area contributed by atoms with Crippen LogP contribution in [0.15, 0.2) is 120 Å². The van der Waals surface area contributed by atoms with Gasteiger partial charge in [-0.15, -0.1) is 6.58 Å². The van der Waals surface area contributed by atoms with E-state index in [1.807, 2.05) is 60.7 Å². The molecule has 7 atom stereocenters. The summed E-state index contributed by atoms with van der Waals surface area (Å²) in [5.41, 5.74) is 4.64. The SMILES string of the molecule is C=CCO[C@@]12Oc3ccc(OCCN4CC4)cc3[C@H]3[C@H](CCCCO)[C@@H](CCCCO)C=C(C(=NOC4CCCCO4)C[C@@H]1N(Cc1cccc4ccccc14)C(=O)OCCOCc1ccccc1)[C@H]32. The van der Waals surface area contributed by atoms with Gasteiger partial charge in [0.05, 0.1) is 44.6 Å².